The van der Waals surface area contributed by atoms with Gasteiger partial charge in [-0.25, -0.2) is 0 Å². The summed E-state index contributed by atoms with van der Waals surface area (Å²) in [6, 6.07) is 15.0. The fourth-order valence-electron chi connectivity index (χ4n) is 4.85. The summed E-state index contributed by atoms with van der Waals surface area (Å²) in [6.45, 7) is 8.39. The van der Waals surface area contributed by atoms with E-state index in [1.165, 1.54) is 6.92 Å². The fourth-order valence-corrected chi connectivity index (χ4v) is 4.85. The summed E-state index contributed by atoms with van der Waals surface area (Å²) in [4.78, 5) is 41.6. The summed E-state index contributed by atoms with van der Waals surface area (Å²) in [6.07, 6.45) is 0.840. The molecule has 190 valence electrons. The van der Waals surface area contributed by atoms with Crippen LogP contribution in [0, 0.1) is 5.92 Å². The van der Waals surface area contributed by atoms with Gasteiger partial charge in [-0.05, 0) is 31.4 Å². The van der Waals surface area contributed by atoms with E-state index < -0.39 is 5.54 Å². The molecule has 0 fully saturated rings. The van der Waals surface area contributed by atoms with E-state index in [2.05, 4.69) is 24.5 Å². The van der Waals surface area contributed by atoms with E-state index in [0.29, 0.717) is 29.6 Å². The van der Waals surface area contributed by atoms with E-state index in [9.17, 15) is 14.4 Å². The Hall–Kier alpha value is -3.81. The van der Waals surface area contributed by atoms with Gasteiger partial charge in [0.25, 0.3) is 5.91 Å². The number of hydrogen-bond acceptors (Lipinski definition) is 4. The molecule has 8 nitrogen and oxygen atoms in total. The number of amides is 3. The van der Waals surface area contributed by atoms with E-state index in [0.717, 1.165) is 22.9 Å². The Morgan fingerprint density at radius 2 is 1.81 bits per heavy atom. The van der Waals surface area contributed by atoms with Crippen LogP contribution in [0.2, 0.25) is 0 Å². The van der Waals surface area contributed by atoms with Gasteiger partial charge in [-0.15, -0.1) is 0 Å². The highest BCUT2D eigenvalue weighted by molar-refractivity contribution is 6.14. The second-order valence-electron chi connectivity index (χ2n) is 9.92. The first-order valence-electron chi connectivity index (χ1n) is 12.3. The van der Waals surface area contributed by atoms with Gasteiger partial charge in [-0.2, -0.15) is 0 Å². The van der Waals surface area contributed by atoms with Crippen molar-refractivity contribution in [1.82, 2.24) is 14.8 Å². The minimum atomic E-state index is -1.17. The smallest absolute Gasteiger partial charge is 0.273 e. The summed E-state index contributed by atoms with van der Waals surface area (Å²) < 4.78 is 7.40. The molecule has 2 N–H and O–H groups in total. The van der Waals surface area contributed by atoms with Crippen molar-refractivity contribution in [2.45, 2.75) is 52.7 Å². The SMILES string of the molecule is COc1ccccc1CN1C(=O)c2c(NC(C)=O)c3ccccc3n2C[C@]1(C)C(=O)NCCC(C)C. The summed E-state index contributed by atoms with van der Waals surface area (Å²) in [5.74, 6) is 0.277. The van der Waals surface area contributed by atoms with Crippen molar-refractivity contribution in [2.24, 2.45) is 5.92 Å². The molecule has 3 amide bonds. The number of hydrogen-bond donors (Lipinski definition) is 2. The van der Waals surface area contributed by atoms with Crippen molar-refractivity contribution in [3.05, 3.63) is 59.8 Å². The van der Waals surface area contributed by atoms with Crippen LogP contribution in [0.1, 0.15) is 50.2 Å². The summed E-state index contributed by atoms with van der Waals surface area (Å²) >= 11 is 0. The standard InChI is InChI=1S/C28H34N4O4/c1-18(2)14-15-29-27(35)28(4)17-31-22-12-8-7-11-21(22)24(30-19(3)33)25(31)26(34)32(28)16-20-10-6-9-13-23(20)36-5/h6-13,18H,14-17H2,1-5H3,(H,29,35)(H,30,33)/t28-/m1/s1. The van der Waals surface area contributed by atoms with Crippen LogP contribution in [-0.4, -0.2) is 46.4 Å². The zero-order valence-electron chi connectivity index (χ0n) is 21.6. The maximum Gasteiger partial charge on any atom is 0.273 e. The van der Waals surface area contributed by atoms with Crippen LogP contribution in [0.15, 0.2) is 48.5 Å². The van der Waals surface area contributed by atoms with Gasteiger partial charge in [0.1, 0.15) is 17.0 Å². The van der Waals surface area contributed by atoms with Gasteiger partial charge in [0.2, 0.25) is 11.8 Å². The average Bonchev–Trinajstić information content (AvgIpc) is 3.14. The third-order valence-corrected chi connectivity index (χ3v) is 6.80. The van der Waals surface area contributed by atoms with Crippen LogP contribution in [0.3, 0.4) is 0 Å². The number of benzene rings is 2. The minimum absolute atomic E-state index is 0.179. The molecule has 0 radical (unpaired) electrons. The van der Waals surface area contributed by atoms with Crippen LogP contribution >= 0.6 is 0 Å². The summed E-state index contributed by atoms with van der Waals surface area (Å²) in [7, 11) is 1.58. The van der Waals surface area contributed by atoms with Gasteiger partial charge in [0.05, 0.1) is 31.4 Å². The fraction of sp³-hybridized carbons (Fsp3) is 0.393. The third kappa shape index (κ3) is 4.55. The Kier molecular flexibility index (Phi) is 7.06. The summed E-state index contributed by atoms with van der Waals surface area (Å²) in [5.41, 5.74) is 1.25. The topological polar surface area (TPSA) is 92.7 Å². The molecule has 0 bridgehead atoms. The minimum Gasteiger partial charge on any atom is -0.496 e. The molecule has 8 heteroatoms. The number of para-hydroxylation sites is 2. The third-order valence-electron chi connectivity index (χ3n) is 6.80. The van der Waals surface area contributed by atoms with E-state index in [4.69, 9.17) is 4.74 Å². The Bertz CT molecular complexity index is 1310. The first-order chi connectivity index (χ1) is 17.2. The molecule has 1 atom stereocenters. The predicted molar refractivity (Wildman–Crippen MR) is 140 cm³/mol. The average molecular weight is 491 g/mol. The van der Waals surface area contributed by atoms with Crippen molar-refractivity contribution < 1.29 is 19.1 Å². The molecule has 1 aliphatic rings. The van der Waals surface area contributed by atoms with E-state index in [-0.39, 0.29) is 30.8 Å². The number of anilines is 1. The van der Waals surface area contributed by atoms with Crippen molar-refractivity contribution >= 4 is 34.3 Å². The molecule has 0 saturated carbocycles. The van der Waals surface area contributed by atoms with Gasteiger partial charge >= 0.3 is 0 Å². The number of nitrogens with one attached hydrogen (secondary N) is 2. The van der Waals surface area contributed by atoms with Gasteiger partial charge in [0, 0.05) is 24.4 Å². The summed E-state index contributed by atoms with van der Waals surface area (Å²) in [5, 5.41) is 6.69. The van der Waals surface area contributed by atoms with E-state index >= 15 is 0 Å². The lowest BCUT2D eigenvalue weighted by Gasteiger charge is -2.44. The quantitative estimate of drug-likeness (QED) is 0.495. The largest absolute Gasteiger partial charge is 0.496 e. The number of nitrogens with zero attached hydrogens (tertiary/aromatic N) is 2. The highest BCUT2D eigenvalue weighted by Crippen LogP contribution is 2.39. The first kappa shape index (κ1) is 25.3. The maximum absolute atomic E-state index is 14.2. The van der Waals surface area contributed by atoms with Crippen LogP contribution in [-0.2, 0) is 22.7 Å². The van der Waals surface area contributed by atoms with Crippen LogP contribution < -0.4 is 15.4 Å². The molecule has 1 aliphatic heterocycles. The van der Waals surface area contributed by atoms with E-state index in [1.54, 1.807) is 18.9 Å². The number of fused-ring (bicyclic) bond motifs is 3. The first-order valence-corrected chi connectivity index (χ1v) is 12.3. The van der Waals surface area contributed by atoms with Gasteiger partial charge in [-0.3, -0.25) is 14.4 Å². The molecular weight excluding hydrogens is 456 g/mol. The molecule has 0 saturated heterocycles. The molecule has 2 heterocycles. The predicted octanol–water partition coefficient (Wildman–Crippen LogP) is 4.19. The highest BCUT2D eigenvalue weighted by atomic mass is 16.5. The van der Waals surface area contributed by atoms with Crippen molar-refractivity contribution in [3.63, 3.8) is 0 Å². The molecule has 0 spiro atoms. The lowest BCUT2D eigenvalue weighted by Crippen LogP contribution is -2.63. The van der Waals surface area contributed by atoms with Crippen LogP contribution in [0.4, 0.5) is 5.69 Å². The van der Waals surface area contributed by atoms with Gasteiger partial charge < -0.3 is 24.8 Å². The Morgan fingerprint density at radius 1 is 1.11 bits per heavy atom. The highest BCUT2D eigenvalue weighted by Gasteiger charge is 2.49. The Labute approximate surface area is 211 Å². The zero-order valence-corrected chi connectivity index (χ0v) is 21.6. The molecule has 4 rings (SSSR count). The number of rotatable bonds is 8. The van der Waals surface area contributed by atoms with Gasteiger partial charge in [-0.1, -0.05) is 50.2 Å². The maximum atomic E-state index is 14.2. The normalized spacial score (nSPS) is 17.3. The van der Waals surface area contributed by atoms with Crippen LogP contribution in [0.25, 0.3) is 10.9 Å². The Balaban J connectivity index is 1.86. The molecule has 2 aromatic carbocycles. The lowest BCUT2D eigenvalue weighted by molar-refractivity contribution is -0.133. The number of methoxy groups -OCH3 is 1. The molecule has 3 aromatic rings. The lowest BCUT2D eigenvalue weighted by atomic mass is 9.93. The molecular formula is C28H34N4O4. The molecule has 0 unspecified atom stereocenters. The molecule has 0 aliphatic carbocycles. The van der Waals surface area contributed by atoms with Crippen LogP contribution in [0.5, 0.6) is 5.75 Å². The molecule has 36 heavy (non-hydrogen) atoms. The second-order valence-corrected chi connectivity index (χ2v) is 9.92. The second kappa shape index (κ2) is 10.0. The Morgan fingerprint density at radius 3 is 2.50 bits per heavy atom. The van der Waals surface area contributed by atoms with Crippen molar-refractivity contribution in [2.75, 3.05) is 19.0 Å². The van der Waals surface area contributed by atoms with Crippen molar-refractivity contribution in [1.29, 1.82) is 0 Å². The van der Waals surface area contributed by atoms with Gasteiger partial charge in [0.15, 0.2) is 0 Å². The van der Waals surface area contributed by atoms with E-state index in [1.807, 2.05) is 53.1 Å². The number of carbonyl (C=O) groups excluding carboxylic acids is 3. The van der Waals surface area contributed by atoms with Crippen molar-refractivity contribution in [3.8, 4) is 5.75 Å². The zero-order chi connectivity index (χ0) is 26.0. The monoisotopic (exact) mass is 490 g/mol. The number of carbonyl (C=O) groups is 3. The number of ether oxygens (including phenoxy) is 1. The molecule has 1 aromatic heterocycles. The number of aromatic nitrogens is 1.